The molecule has 2 saturated heterocycles. The second-order valence-corrected chi connectivity index (χ2v) is 3.14. The predicted molar refractivity (Wildman–Crippen MR) is 39.0 cm³/mol. The van der Waals surface area contributed by atoms with Gasteiger partial charge in [0.2, 0.25) is 0 Å². The number of ether oxygens (including phenoxy) is 3. The van der Waals surface area contributed by atoms with Crippen LogP contribution in [0.2, 0.25) is 0 Å². The molecule has 0 aromatic heterocycles. The van der Waals surface area contributed by atoms with Crippen LogP contribution in [0.5, 0.6) is 0 Å². The molecule has 64 valence electrons. The molecule has 0 N–H and O–H groups in total. The van der Waals surface area contributed by atoms with Gasteiger partial charge in [0.15, 0.2) is 12.6 Å². The fraction of sp³-hybridized carbons (Fsp3) is 1.00. The van der Waals surface area contributed by atoms with E-state index < -0.39 is 0 Å². The molecule has 0 aromatic carbocycles. The first-order valence-corrected chi connectivity index (χ1v) is 4.29. The normalized spacial score (nSPS) is 43.9. The molecule has 0 radical (unpaired) electrons. The Bertz CT molecular complexity index is 131. The Morgan fingerprint density at radius 1 is 1.36 bits per heavy atom. The Hall–Kier alpha value is -0.120. The van der Waals surface area contributed by atoms with Crippen LogP contribution in [0.4, 0.5) is 0 Å². The lowest BCUT2D eigenvalue weighted by Gasteiger charge is -2.21. The van der Waals surface area contributed by atoms with Crippen LogP contribution in [0.25, 0.3) is 0 Å². The second-order valence-electron chi connectivity index (χ2n) is 3.14. The van der Waals surface area contributed by atoms with Crippen LogP contribution in [-0.4, -0.2) is 25.3 Å². The van der Waals surface area contributed by atoms with E-state index in [0.717, 1.165) is 13.0 Å². The van der Waals surface area contributed by atoms with Crippen molar-refractivity contribution in [3.8, 4) is 0 Å². The molecule has 11 heavy (non-hydrogen) atoms. The van der Waals surface area contributed by atoms with Crippen LogP contribution in [0.3, 0.4) is 0 Å². The third-order valence-corrected chi connectivity index (χ3v) is 2.08. The molecular formula is C8H14O3. The summed E-state index contributed by atoms with van der Waals surface area (Å²) in [5.74, 6) is 0. The maximum absolute atomic E-state index is 5.47. The van der Waals surface area contributed by atoms with Gasteiger partial charge in [0.05, 0.1) is 0 Å². The zero-order valence-electron chi connectivity index (χ0n) is 6.79. The minimum atomic E-state index is -0.00120. The van der Waals surface area contributed by atoms with Crippen molar-refractivity contribution < 1.29 is 14.2 Å². The highest BCUT2D eigenvalue weighted by Gasteiger charge is 2.38. The standard InChI is InChI=1S/C8H14O3/c1-6-8(10-6)11-7-4-2-3-5-9-7/h6-8H,2-5H2,1H3. The summed E-state index contributed by atoms with van der Waals surface area (Å²) < 4.78 is 16.0. The summed E-state index contributed by atoms with van der Waals surface area (Å²) in [5, 5.41) is 0. The van der Waals surface area contributed by atoms with E-state index in [1.54, 1.807) is 0 Å². The van der Waals surface area contributed by atoms with Crippen molar-refractivity contribution in [1.29, 1.82) is 0 Å². The Morgan fingerprint density at radius 2 is 2.18 bits per heavy atom. The van der Waals surface area contributed by atoms with Crippen LogP contribution in [-0.2, 0) is 14.2 Å². The topological polar surface area (TPSA) is 31.0 Å². The van der Waals surface area contributed by atoms with Crippen molar-refractivity contribution >= 4 is 0 Å². The van der Waals surface area contributed by atoms with Crippen LogP contribution in [0, 0.1) is 0 Å². The fourth-order valence-electron chi connectivity index (χ4n) is 1.28. The molecule has 2 fully saturated rings. The molecule has 3 unspecified atom stereocenters. The first kappa shape index (κ1) is 7.53. The number of rotatable bonds is 2. The maximum atomic E-state index is 5.47. The molecule has 0 saturated carbocycles. The molecule has 2 aliphatic rings. The van der Waals surface area contributed by atoms with E-state index in [4.69, 9.17) is 14.2 Å². The van der Waals surface area contributed by atoms with Crippen LogP contribution >= 0.6 is 0 Å². The highest BCUT2D eigenvalue weighted by atomic mass is 16.8. The minimum absolute atomic E-state index is 0.00120. The van der Waals surface area contributed by atoms with E-state index in [1.807, 2.05) is 6.92 Å². The molecule has 3 atom stereocenters. The quantitative estimate of drug-likeness (QED) is 0.567. The molecule has 0 aliphatic carbocycles. The van der Waals surface area contributed by atoms with E-state index >= 15 is 0 Å². The summed E-state index contributed by atoms with van der Waals surface area (Å²) in [4.78, 5) is 0. The summed E-state index contributed by atoms with van der Waals surface area (Å²) in [6.45, 7) is 2.85. The summed E-state index contributed by atoms with van der Waals surface area (Å²) in [7, 11) is 0. The van der Waals surface area contributed by atoms with Gasteiger partial charge >= 0.3 is 0 Å². The minimum Gasteiger partial charge on any atom is -0.353 e. The second kappa shape index (κ2) is 3.09. The lowest BCUT2D eigenvalue weighted by atomic mass is 10.2. The third-order valence-electron chi connectivity index (χ3n) is 2.08. The number of hydrogen-bond donors (Lipinski definition) is 0. The molecule has 0 amide bonds. The zero-order valence-corrected chi connectivity index (χ0v) is 6.79. The first-order chi connectivity index (χ1) is 5.36. The molecule has 0 aromatic rings. The average Bonchev–Trinajstić information content (AvgIpc) is 2.69. The summed E-state index contributed by atoms with van der Waals surface area (Å²) >= 11 is 0. The SMILES string of the molecule is CC1OC1OC1CCCCO1. The van der Waals surface area contributed by atoms with Crippen LogP contribution in [0.15, 0.2) is 0 Å². The van der Waals surface area contributed by atoms with Gasteiger partial charge in [-0.1, -0.05) is 0 Å². The Kier molecular flexibility index (Phi) is 2.11. The van der Waals surface area contributed by atoms with Gasteiger partial charge in [-0.25, -0.2) is 0 Å². The molecule has 0 bridgehead atoms. The zero-order chi connectivity index (χ0) is 7.68. The molecule has 2 rings (SSSR count). The van der Waals surface area contributed by atoms with Crippen molar-refractivity contribution in [3.63, 3.8) is 0 Å². The number of hydrogen-bond acceptors (Lipinski definition) is 3. The van der Waals surface area contributed by atoms with E-state index in [1.165, 1.54) is 12.8 Å². The predicted octanol–water partition coefficient (Wildman–Crippen LogP) is 1.27. The monoisotopic (exact) mass is 158 g/mol. The Balaban J connectivity index is 1.68. The van der Waals surface area contributed by atoms with Gasteiger partial charge in [0.1, 0.15) is 6.10 Å². The number of epoxide rings is 1. The summed E-state index contributed by atoms with van der Waals surface area (Å²) in [6.07, 6.45) is 3.69. The Morgan fingerprint density at radius 3 is 2.73 bits per heavy atom. The molecule has 2 heterocycles. The Labute approximate surface area is 66.6 Å². The van der Waals surface area contributed by atoms with Crippen molar-refractivity contribution in [3.05, 3.63) is 0 Å². The van der Waals surface area contributed by atoms with E-state index in [0.29, 0.717) is 0 Å². The van der Waals surface area contributed by atoms with Crippen molar-refractivity contribution in [1.82, 2.24) is 0 Å². The largest absolute Gasteiger partial charge is 0.353 e. The van der Waals surface area contributed by atoms with Gasteiger partial charge in [-0.2, -0.15) is 0 Å². The molecule has 2 aliphatic heterocycles. The van der Waals surface area contributed by atoms with Gasteiger partial charge in [-0.05, 0) is 26.2 Å². The van der Waals surface area contributed by atoms with Gasteiger partial charge in [-0.3, -0.25) is 0 Å². The van der Waals surface area contributed by atoms with E-state index in [-0.39, 0.29) is 18.7 Å². The van der Waals surface area contributed by atoms with Gasteiger partial charge in [-0.15, -0.1) is 0 Å². The lowest BCUT2D eigenvalue weighted by Crippen LogP contribution is -2.23. The molecule has 3 heteroatoms. The van der Waals surface area contributed by atoms with E-state index in [9.17, 15) is 0 Å². The molecule has 3 nitrogen and oxygen atoms in total. The van der Waals surface area contributed by atoms with Gasteiger partial charge < -0.3 is 14.2 Å². The van der Waals surface area contributed by atoms with Crippen molar-refractivity contribution in [2.75, 3.05) is 6.61 Å². The molecule has 0 spiro atoms. The van der Waals surface area contributed by atoms with Crippen LogP contribution < -0.4 is 0 Å². The highest BCUT2D eigenvalue weighted by Crippen LogP contribution is 2.26. The lowest BCUT2D eigenvalue weighted by molar-refractivity contribution is -0.185. The molecular weight excluding hydrogens is 144 g/mol. The summed E-state index contributed by atoms with van der Waals surface area (Å²) in [6, 6.07) is 0. The fourth-order valence-corrected chi connectivity index (χ4v) is 1.28. The van der Waals surface area contributed by atoms with Crippen LogP contribution in [0.1, 0.15) is 26.2 Å². The van der Waals surface area contributed by atoms with Gasteiger partial charge in [0, 0.05) is 6.61 Å². The van der Waals surface area contributed by atoms with Crippen molar-refractivity contribution in [2.24, 2.45) is 0 Å². The smallest absolute Gasteiger partial charge is 0.187 e. The maximum Gasteiger partial charge on any atom is 0.187 e. The summed E-state index contributed by atoms with van der Waals surface area (Å²) in [5.41, 5.74) is 0. The highest BCUT2D eigenvalue weighted by molar-refractivity contribution is 4.71. The van der Waals surface area contributed by atoms with Gasteiger partial charge in [0.25, 0.3) is 0 Å². The van der Waals surface area contributed by atoms with E-state index in [2.05, 4.69) is 0 Å². The first-order valence-electron chi connectivity index (χ1n) is 4.29. The third kappa shape index (κ3) is 1.92. The average molecular weight is 158 g/mol. The van der Waals surface area contributed by atoms with Crippen molar-refractivity contribution in [2.45, 2.75) is 44.9 Å².